The predicted molar refractivity (Wildman–Crippen MR) is 156 cm³/mol. The first-order chi connectivity index (χ1) is 18.7. The number of sulfonamides is 1. The Hall–Kier alpha value is -3.36. The maximum absolute atomic E-state index is 13.6. The van der Waals surface area contributed by atoms with E-state index in [1.165, 1.54) is 23.2 Å². The highest BCUT2D eigenvalue weighted by Crippen LogP contribution is 2.30. The van der Waals surface area contributed by atoms with Crippen LogP contribution in [0.1, 0.15) is 36.8 Å². The average molecular weight is 550 g/mol. The minimum absolute atomic E-state index is 0.0100. The molecule has 0 unspecified atom stereocenters. The number of benzene rings is 3. The highest BCUT2D eigenvalue weighted by Gasteiger charge is 2.24. The van der Waals surface area contributed by atoms with Crippen molar-refractivity contribution in [2.75, 3.05) is 38.0 Å². The highest BCUT2D eigenvalue weighted by molar-refractivity contribution is 7.92. The standard InChI is InChI=1S/C31H39N3O4S/c1-24-11-14-27(15-12-24)38-28-8-6-9-29(23-28)39(36,37)34(3)30-10-5-4-7-26(30)13-16-31(35)32-20-17-25-18-21-33(2)22-19-25/h4-12,14-15,23,25H,13,16-22H2,1-3H3,(H,32,35). The van der Waals surface area contributed by atoms with Gasteiger partial charge in [0.25, 0.3) is 10.0 Å². The molecule has 1 fully saturated rings. The number of nitrogens with one attached hydrogen (secondary N) is 1. The van der Waals surface area contributed by atoms with Crippen LogP contribution in [0.2, 0.25) is 0 Å². The SMILES string of the molecule is Cc1ccc(Oc2cccc(S(=O)(=O)N(C)c3ccccc3CCC(=O)NCCC3CCN(C)CC3)c2)cc1. The van der Waals surface area contributed by atoms with Gasteiger partial charge in [0.05, 0.1) is 10.6 Å². The van der Waals surface area contributed by atoms with Crippen molar-refractivity contribution in [3.63, 3.8) is 0 Å². The van der Waals surface area contributed by atoms with Gasteiger partial charge in [-0.25, -0.2) is 8.42 Å². The molecule has 39 heavy (non-hydrogen) atoms. The summed E-state index contributed by atoms with van der Waals surface area (Å²) in [6.45, 7) is 4.92. The lowest BCUT2D eigenvalue weighted by Gasteiger charge is -2.28. The van der Waals surface area contributed by atoms with E-state index in [1.807, 2.05) is 49.4 Å². The van der Waals surface area contributed by atoms with Crippen LogP contribution >= 0.6 is 0 Å². The highest BCUT2D eigenvalue weighted by atomic mass is 32.2. The number of ether oxygens (including phenoxy) is 1. The number of para-hydroxylation sites is 1. The van der Waals surface area contributed by atoms with Crippen LogP contribution in [0.5, 0.6) is 11.5 Å². The maximum Gasteiger partial charge on any atom is 0.264 e. The number of carbonyl (C=O) groups is 1. The normalized spacial score (nSPS) is 14.6. The van der Waals surface area contributed by atoms with Crippen LogP contribution in [0.15, 0.2) is 77.7 Å². The second-order valence-electron chi connectivity index (χ2n) is 10.4. The average Bonchev–Trinajstić information content (AvgIpc) is 2.94. The molecule has 3 aromatic carbocycles. The molecule has 1 N–H and O–H groups in total. The molecule has 1 saturated heterocycles. The Kier molecular flexibility index (Phi) is 9.64. The van der Waals surface area contributed by atoms with Gasteiger partial charge in [0.15, 0.2) is 0 Å². The van der Waals surface area contributed by atoms with Gasteiger partial charge in [0.2, 0.25) is 5.91 Å². The zero-order valence-electron chi connectivity index (χ0n) is 23.1. The minimum atomic E-state index is -3.86. The second-order valence-corrected chi connectivity index (χ2v) is 12.3. The van der Waals surface area contributed by atoms with E-state index in [4.69, 9.17) is 4.74 Å². The molecule has 1 aliphatic rings. The molecular weight excluding hydrogens is 510 g/mol. The Morgan fingerprint density at radius 1 is 1.00 bits per heavy atom. The van der Waals surface area contributed by atoms with Crippen molar-refractivity contribution in [2.45, 2.75) is 43.9 Å². The van der Waals surface area contributed by atoms with Crippen molar-refractivity contribution in [1.82, 2.24) is 10.2 Å². The van der Waals surface area contributed by atoms with E-state index in [9.17, 15) is 13.2 Å². The van der Waals surface area contributed by atoms with Gasteiger partial charge in [-0.05, 0) is 94.6 Å². The van der Waals surface area contributed by atoms with Gasteiger partial charge >= 0.3 is 0 Å². The lowest BCUT2D eigenvalue weighted by molar-refractivity contribution is -0.121. The summed E-state index contributed by atoms with van der Waals surface area (Å²) in [5.41, 5.74) is 2.48. The molecule has 0 saturated carbocycles. The summed E-state index contributed by atoms with van der Waals surface area (Å²) in [6.07, 6.45) is 4.12. The topological polar surface area (TPSA) is 79.0 Å². The largest absolute Gasteiger partial charge is 0.457 e. The second kappa shape index (κ2) is 13.1. The van der Waals surface area contributed by atoms with Crippen molar-refractivity contribution in [1.29, 1.82) is 0 Å². The number of carbonyl (C=O) groups excluding carboxylic acids is 1. The molecule has 3 aromatic rings. The number of anilines is 1. The zero-order chi connectivity index (χ0) is 27.8. The zero-order valence-corrected chi connectivity index (χ0v) is 23.9. The fourth-order valence-electron chi connectivity index (χ4n) is 4.86. The molecule has 0 aromatic heterocycles. The van der Waals surface area contributed by atoms with Crippen LogP contribution < -0.4 is 14.4 Å². The number of aryl methyl sites for hydroxylation is 2. The summed E-state index contributed by atoms with van der Waals surface area (Å²) >= 11 is 0. The number of piperidine rings is 1. The fourth-order valence-corrected chi connectivity index (χ4v) is 6.13. The molecule has 8 heteroatoms. The fraction of sp³-hybridized carbons (Fsp3) is 0.387. The van der Waals surface area contributed by atoms with E-state index in [1.54, 1.807) is 31.3 Å². The predicted octanol–water partition coefficient (Wildman–Crippen LogP) is 5.39. The molecule has 7 nitrogen and oxygen atoms in total. The molecule has 1 aliphatic heterocycles. The third-order valence-corrected chi connectivity index (χ3v) is 9.15. The summed E-state index contributed by atoms with van der Waals surface area (Å²) in [6, 6.07) is 21.4. The Morgan fingerprint density at radius 2 is 1.72 bits per heavy atom. The molecule has 0 aliphatic carbocycles. The maximum atomic E-state index is 13.6. The van der Waals surface area contributed by atoms with Crippen molar-refractivity contribution in [3.8, 4) is 11.5 Å². The smallest absolute Gasteiger partial charge is 0.264 e. The van der Waals surface area contributed by atoms with Crippen molar-refractivity contribution < 1.29 is 17.9 Å². The minimum Gasteiger partial charge on any atom is -0.457 e. The summed E-state index contributed by atoms with van der Waals surface area (Å²) in [5, 5.41) is 3.05. The first-order valence-electron chi connectivity index (χ1n) is 13.6. The number of hydrogen-bond donors (Lipinski definition) is 1. The van der Waals surface area contributed by atoms with Gasteiger partial charge in [-0.1, -0.05) is 42.0 Å². The van der Waals surface area contributed by atoms with Crippen LogP contribution in [0, 0.1) is 12.8 Å². The van der Waals surface area contributed by atoms with Gasteiger partial charge in [0, 0.05) is 26.1 Å². The summed E-state index contributed by atoms with van der Waals surface area (Å²) < 4.78 is 34.3. The third-order valence-electron chi connectivity index (χ3n) is 7.39. The summed E-state index contributed by atoms with van der Waals surface area (Å²) in [7, 11) is -0.161. The van der Waals surface area contributed by atoms with Crippen molar-refractivity contribution in [3.05, 3.63) is 83.9 Å². The van der Waals surface area contributed by atoms with Crippen molar-refractivity contribution in [2.24, 2.45) is 5.92 Å². The molecule has 4 rings (SSSR count). The molecule has 0 atom stereocenters. The van der Waals surface area contributed by atoms with Crippen molar-refractivity contribution >= 4 is 21.6 Å². The Balaban J connectivity index is 1.37. The van der Waals surface area contributed by atoms with E-state index in [-0.39, 0.29) is 10.8 Å². The molecule has 0 spiro atoms. The van der Waals surface area contributed by atoms with E-state index in [0.29, 0.717) is 42.5 Å². The molecule has 208 valence electrons. The molecular formula is C31H39N3O4S. The van der Waals surface area contributed by atoms with Gasteiger partial charge in [-0.15, -0.1) is 0 Å². The van der Waals surface area contributed by atoms with Crippen LogP contribution in [0.4, 0.5) is 5.69 Å². The number of hydrogen-bond acceptors (Lipinski definition) is 5. The van der Waals surface area contributed by atoms with Crippen LogP contribution in [-0.4, -0.2) is 53.0 Å². The Morgan fingerprint density at radius 3 is 2.46 bits per heavy atom. The quantitative estimate of drug-likeness (QED) is 0.347. The first-order valence-corrected chi connectivity index (χ1v) is 15.0. The van der Waals surface area contributed by atoms with E-state index < -0.39 is 10.0 Å². The number of nitrogens with zero attached hydrogens (tertiary/aromatic N) is 2. The van der Waals surface area contributed by atoms with Gasteiger partial charge < -0.3 is 15.0 Å². The van der Waals surface area contributed by atoms with E-state index in [0.717, 1.165) is 30.6 Å². The van der Waals surface area contributed by atoms with Gasteiger partial charge in [-0.3, -0.25) is 9.10 Å². The molecule has 0 bridgehead atoms. The lowest BCUT2D eigenvalue weighted by Crippen LogP contribution is -2.32. The van der Waals surface area contributed by atoms with Crippen LogP contribution in [-0.2, 0) is 21.2 Å². The van der Waals surface area contributed by atoms with Gasteiger partial charge in [0.1, 0.15) is 11.5 Å². The number of amides is 1. The summed E-state index contributed by atoms with van der Waals surface area (Å²) in [5.74, 6) is 1.74. The third kappa shape index (κ3) is 7.83. The Bertz CT molecular complexity index is 1350. The summed E-state index contributed by atoms with van der Waals surface area (Å²) in [4.78, 5) is 15.0. The Labute approximate surface area is 232 Å². The van der Waals surface area contributed by atoms with Crippen LogP contribution in [0.3, 0.4) is 0 Å². The van der Waals surface area contributed by atoms with E-state index in [2.05, 4.69) is 17.3 Å². The van der Waals surface area contributed by atoms with Gasteiger partial charge in [-0.2, -0.15) is 0 Å². The lowest BCUT2D eigenvalue weighted by atomic mass is 9.94. The van der Waals surface area contributed by atoms with Crippen LogP contribution in [0.25, 0.3) is 0 Å². The first kappa shape index (κ1) is 28.6. The number of rotatable bonds is 11. The molecule has 1 heterocycles. The van der Waals surface area contributed by atoms with E-state index >= 15 is 0 Å². The molecule has 0 radical (unpaired) electrons. The monoisotopic (exact) mass is 549 g/mol. The molecule has 1 amide bonds. The number of likely N-dealkylation sites (tertiary alicyclic amines) is 1.